The third-order valence-electron chi connectivity index (χ3n) is 15.6. The molecule has 16 nitrogen and oxygen atoms in total. The minimum absolute atomic E-state index is 0.00104. The first-order valence-electron chi connectivity index (χ1n) is 24.1. The van der Waals surface area contributed by atoms with Crippen LogP contribution < -0.4 is 16.0 Å². The summed E-state index contributed by atoms with van der Waals surface area (Å²) < 4.78 is 52.3. The number of fused-ring (bicyclic) bond motifs is 7. The number of ether oxygens (including phenoxy) is 3. The predicted octanol–water partition coefficient (Wildman–Crippen LogP) is 5.82. The van der Waals surface area contributed by atoms with Crippen molar-refractivity contribution in [1.82, 2.24) is 20.6 Å². The Kier molecular flexibility index (Phi) is 13.9. The smallest absolute Gasteiger partial charge is 0.408 e. The Labute approximate surface area is 410 Å². The quantitative estimate of drug-likeness (QED) is 0.106. The second kappa shape index (κ2) is 19.2. The van der Waals surface area contributed by atoms with Crippen LogP contribution >= 0.6 is 0 Å². The number of aliphatic hydroxyl groups excluding tert-OH is 2. The minimum atomic E-state index is -2.36. The van der Waals surface area contributed by atoms with E-state index in [1.54, 1.807) is 58.9 Å². The zero-order chi connectivity index (χ0) is 51.4. The number of rotatable bonds is 15. The van der Waals surface area contributed by atoms with Gasteiger partial charge >= 0.3 is 6.09 Å². The van der Waals surface area contributed by atoms with Crippen LogP contribution in [-0.4, -0.2) is 109 Å². The summed E-state index contributed by atoms with van der Waals surface area (Å²) in [4.78, 5) is 85.6. The fourth-order valence-corrected chi connectivity index (χ4v) is 12.0. The second-order valence-electron chi connectivity index (χ2n) is 21.4. The first-order valence-corrected chi connectivity index (χ1v) is 24.1. The molecule has 2 aromatic carbocycles. The van der Waals surface area contributed by atoms with E-state index < -0.39 is 118 Å². The Balaban J connectivity index is 0.880. The van der Waals surface area contributed by atoms with Gasteiger partial charge in [-0.05, 0) is 107 Å². The van der Waals surface area contributed by atoms with Crippen LogP contribution in [0, 0.1) is 28.6 Å². The molecule has 2 heterocycles. The largest absolute Gasteiger partial charge is 0.444 e. The van der Waals surface area contributed by atoms with Gasteiger partial charge in [0.15, 0.2) is 34.9 Å². The maximum Gasteiger partial charge on any atom is 0.408 e. The fourth-order valence-electron chi connectivity index (χ4n) is 12.0. The van der Waals surface area contributed by atoms with E-state index in [1.165, 1.54) is 38.5 Å². The minimum Gasteiger partial charge on any atom is -0.444 e. The Morgan fingerprint density at radius 2 is 1.73 bits per heavy atom. The third kappa shape index (κ3) is 9.39. The standard InChI is InChI=1S/C53H63F2N5O11/c1-28(17-41(63)29(2)58-46(67)40(20-34-25-56-27-57-34)60-48(68)71-49(3,4)5)45(66)59-33-10-8-9-31(19-33)18-30-11-13-32(14-12-30)47-69-44-23-36-37-22-39(54)38-21-35(62)15-16-50(38,6)52(37,55)42(64)24-51(36,7)53(44,70-47)43(65)26-61/h8-16,19,21,25,27-29,36-37,39-40,42,44,47,61,64H,17-18,20,22-24,26H2,1-7H3,(H,56,57)(H,58,67)(H,59,66)(H,60,68)/t28-,29+,36+,37+,39+,40+,42+,44-,47-,50+,51+,52+,53-/m1/s1. The van der Waals surface area contributed by atoms with Crippen molar-refractivity contribution in [3.05, 3.63) is 107 Å². The van der Waals surface area contributed by atoms with Gasteiger partial charge in [0.2, 0.25) is 11.8 Å². The van der Waals surface area contributed by atoms with Crippen LogP contribution in [0.25, 0.3) is 0 Å². The molecule has 1 saturated heterocycles. The number of imidazole rings is 1. The molecule has 4 fully saturated rings. The molecule has 4 aliphatic carbocycles. The van der Waals surface area contributed by atoms with Gasteiger partial charge in [0.25, 0.3) is 0 Å². The van der Waals surface area contributed by atoms with Gasteiger partial charge in [-0.1, -0.05) is 56.3 Å². The number of nitrogens with one attached hydrogen (secondary N) is 4. The topological polar surface area (TPSA) is 235 Å². The molecule has 0 spiro atoms. The summed E-state index contributed by atoms with van der Waals surface area (Å²) in [5.74, 6) is -5.01. The Bertz CT molecular complexity index is 2640. The summed E-state index contributed by atoms with van der Waals surface area (Å²) in [6.07, 6.45) is 0.489. The molecule has 3 aromatic rings. The number of allylic oxidation sites excluding steroid dienone is 4. The molecule has 13 atom stereocenters. The van der Waals surface area contributed by atoms with E-state index in [-0.39, 0.29) is 43.5 Å². The maximum absolute atomic E-state index is 17.8. The number of nitrogens with zero attached hydrogens (tertiary/aromatic N) is 1. The van der Waals surface area contributed by atoms with Crippen molar-refractivity contribution in [3.8, 4) is 0 Å². The molecule has 3 saturated carbocycles. The van der Waals surface area contributed by atoms with E-state index in [0.717, 1.165) is 17.2 Å². The highest BCUT2D eigenvalue weighted by Crippen LogP contribution is 2.72. The van der Waals surface area contributed by atoms with E-state index in [2.05, 4.69) is 25.9 Å². The van der Waals surface area contributed by atoms with Gasteiger partial charge in [-0.2, -0.15) is 0 Å². The second-order valence-corrected chi connectivity index (χ2v) is 21.4. The van der Waals surface area contributed by atoms with Crippen molar-refractivity contribution in [2.75, 3.05) is 11.9 Å². The maximum atomic E-state index is 17.8. The fraction of sp³-hybridized carbons (Fsp3) is 0.528. The molecule has 0 bridgehead atoms. The van der Waals surface area contributed by atoms with Gasteiger partial charge in [-0.25, -0.2) is 18.6 Å². The number of ketones is 3. The average Bonchev–Trinajstić information content (AvgIpc) is 4.03. The number of hydrogen-bond donors (Lipinski definition) is 6. The van der Waals surface area contributed by atoms with Crippen LogP contribution in [0.1, 0.15) is 103 Å². The Morgan fingerprint density at radius 3 is 2.41 bits per heavy atom. The van der Waals surface area contributed by atoms with Crippen molar-refractivity contribution in [3.63, 3.8) is 0 Å². The molecule has 0 unspecified atom stereocenters. The number of aromatic nitrogens is 2. The number of benzene rings is 2. The van der Waals surface area contributed by atoms with Crippen LogP contribution in [-0.2, 0) is 51.0 Å². The Hall–Kier alpha value is -5.95. The number of aliphatic hydroxyl groups is 2. The van der Waals surface area contributed by atoms with E-state index in [0.29, 0.717) is 23.4 Å². The summed E-state index contributed by atoms with van der Waals surface area (Å²) in [6.45, 7) is 10.6. The molecule has 0 radical (unpaired) electrons. The lowest BCUT2D eigenvalue weighted by Gasteiger charge is -2.63. The molecule has 3 amide bonds. The number of amides is 3. The SMILES string of the molecule is C[C@H](CC(=O)[C@H](C)NC(=O)[C@H](Cc1cnc[nH]1)NC(=O)OC(C)(C)C)C(=O)Nc1cccc(Cc2ccc([C@@H]3O[C@@H]4C[C@H]5[C@@H]6C[C@H](F)C7=CC(=O)C=C[C@]7(C)[C@@]6(F)[C@@H](O)C[C@]5(C)[C@]4(C(=O)CO)O3)cc2)c1. The van der Waals surface area contributed by atoms with Gasteiger partial charge in [-0.15, -0.1) is 0 Å². The monoisotopic (exact) mass is 983 g/mol. The molecule has 18 heteroatoms. The number of aromatic amines is 1. The van der Waals surface area contributed by atoms with Crippen LogP contribution in [0.4, 0.5) is 19.3 Å². The predicted molar refractivity (Wildman–Crippen MR) is 254 cm³/mol. The number of carbonyl (C=O) groups excluding carboxylic acids is 6. The molecular weight excluding hydrogens is 921 g/mol. The number of alkyl carbamates (subject to hydrolysis) is 1. The highest BCUT2D eigenvalue weighted by atomic mass is 19.1. The van der Waals surface area contributed by atoms with Gasteiger partial charge in [0.05, 0.1) is 24.6 Å². The van der Waals surface area contributed by atoms with Gasteiger partial charge in [0, 0.05) is 58.6 Å². The molecule has 1 aromatic heterocycles. The zero-order valence-corrected chi connectivity index (χ0v) is 40.9. The van der Waals surface area contributed by atoms with Crippen molar-refractivity contribution < 1.29 is 62.0 Å². The van der Waals surface area contributed by atoms with E-state index in [9.17, 15) is 39.0 Å². The lowest BCUT2D eigenvalue weighted by atomic mass is 9.44. The van der Waals surface area contributed by atoms with Crippen LogP contribution in [0.3, 0.4) is 0 Å². The zero-order valence-electron chi connectivity index (χ0n) is 40.9. The summed E-state index contributed by atoms with van der Waals surface area (Å²) in [5, 5.41) is 30.3. The molecule has 6 N–H and O–H groups in total. The van der Waals surface area contributed by atoms with E-state index >= 15 is 8.78 Å². The van der Waals surface area contributed by atoms with Crippen molar-refractivity contribution in [2.24, 2.45) is 28.6 Å². The molecule has 5 aliphatic rings. The molecule has 8 rings (SSSR count). The van der Waals surface area contributed by atoms with Crippen molar-refractivity contribution in [2.45, 2.75) is 141 Å². The summed E-state index contributed by atoms with van der Waals surface area (Å²) in [7, 11) is 0. The average molecular weight is 984 g/mol. The lowest BCUT2D eigenvalue weighted by molar-refractivity contribution is -0.235. The molecular formula is C53H63F2N5O11. The Morgan fingerprint density at radius 1 is 1.00 bits per heavy atom. The number of alkyl halides is 2. The number of carbonyl (C=O) groups is 6. The van der Waals surface area contributed by atoms with Gasteiger partial charge < -0.3 is 45.4 Å². The van der Waals surface area contributed by atoms with E-state index in [1.807, 2.05) is 24.3 Å². The molecule has 1 aliphatic heterocycles. The number of halogens is 2. The van der Waals surface area contributed by atoms with Crippen LogP contribution in [0.5, 0.6) is 0 Å². The number of hydrogen-bond acceptors (Lipinski definition) is 12. The van der Waals surface area contributed by atoms with Crippen molar-refractivity contribution in [1.29, 1.82) is 0 Å². The highest BCUT2D eigenvalue weighted by molar-refractivity contribution is 6.01. The van der Waals surface area contributed by atoms with E-state index in [4.69, 9.17) is 14.2 Å². The highest BCUT2D eigenvalue weighted by Gasteiger charge is 2.80. The first kappa shape index (κ1) is 51.4. The third-order valence-corrected chi connectivity index (χ3v) is 15.6. The number of anilines is 1. The summed E-state index contributed by atoms with van der Waals surface area (Å²) in [5.41, 5.74) is -4.37. The molecule has 380 valence electrons. The summed E-state index contributed by atoms with van der Waals surface area (Å²) >= 11 is 0. The summed E-state index contributed by atoms with van der Waals surface area (Å²) in [6, 6.07) is 12.5. The number of Topliss-reactive ketones (excluding diaryl/α,β-unsaturated/α-hetero) is 2. The molecule has 71 heavy (non-hydrogen) atoms. The van der Waals surface area contributed by atoms with Crippen LogP contribution in [0.2, 0.25) is 0 Å². The van der Waals surface area contributed by atoms with Crippen molar-refractivity contribution >= 4 is 40.9 Å². The lowest BCUT2D eigenvalue weighted by Crippen LogP contribution is -2.70. The normalized spacial score (nSPS) is 31.9. The van der Waals surface area contributed by atoms with Gasteiger partial charge in [-0.3, -0.25) is 24.0 Å². The first-order chi connectivity index (χ1) is 33.4. The number of H-pyrrole nitrogens is 1. The van der Waals surface area contributed by atoms with Crippen LogP contribution in [0.15, 0.2) is 84.9 Å². The van der Waals surface area contributed by atoms with Gasteiger partial charge in [0.1, 0.15) is 24.4 Å².